The summed E-state index contributed by atoms with van der Waals surface area (Å²) in [6, 6.07) is 10.6. The molecule has 0 spiro atoms. The number of pyridine rings is 1. The lowest BCUT2D eigenvalue weighted by Crippen LogP contribution is -2.34. The molecular weight excluding hydrogens is 581 g/mol. The smallest absolute Gasteiger partial charge is 0.406 e. The summed E-state index contributed by atoms with van der Waals surface area (Å²) in [4.78, 5) is 31.0. The average Bonchev–Trinajstić information content (AvgIpc) is 3.58. The molecule has 2 N–H and O–H groups in total. The van der Waals surface area contributed by atoms with Crippen molar-refractivity contribution in [2.24, 2.45) is 0 Å². The first-order chi connectivity index (χ1) is 19.7. The number of ether oxygens (including phenoxy) is 1. The first kappa shape index (κ1) is 28.4. The van der Waals surface area contributed by atoms with Gasteiger partial charge in [0.05, 0.1) is 12.8 Å². The number of nitrogens with one attached hydrogen (secondary N) is 2. The summed E-state index contributed by atoms with van der Waals surface area (Å²) in [5.74, 6) is -0.979. The minimum Gasteiger partial charge on any atom is -0.406 e. The fourth-order valence-electron chi connectivity index (χ4n) is 4.23. The summed E-state index contributed by atoms with van der Waals surface area (Å²) in [6.07, 6.45) is -1.42. The second-order valence-electron chi connectivity index (χ2n) is 9.09. The second kappa shape index (κ2) is 12.6. The Labute approximate surface area is 239 Å². The number of anilines is 3. The number of carbonyl (C=O) groups excluding carboxylic acids is 2. The molecule has 2 amide bonds. The molecular formula is C25H23F3N8O3S2. The Bertz CT molecular complexity index is 1500. The number of benzene rings is 1. The van der Waals surface area contributed by atoms with Gasteiger partial charge >= 0.3 is 6.36 Å². The minimum absolute atomic E-state index is 0.0795. The monoisotopic (exact) mass is 604 g/mol. The van der Waals surface area contributed by atoms with E-state index in [0.29, 0.717) is 28.1 Å². The molecule has 1 saturated heterocycles. The van der Waals surface area contributed by atoms with Gasteiger partial charge in [-0.1, -0.05) is 40.9 Å². The van der Waals surface area contributed by atoms with E-state index in [2.05, 4.69) is 45.6 Å². The molecule has 1 fully saturated rings. The van der Waals surface area contributed by atoms with Crippen LogP contribution in [0.4, 0.5) is 28.6 Å². The van der Waals surface area contributed by atoms with Crippen molar-refractivity contribution in [2.45, 2.75) is 38.0 Å². The summed E-state index contributed by atoms with van der Waals surface area (Å²) >= 11 is 2.54. The molecule has 16 heteroatoms. The third kappa shape index (κ3) is 8.17. The predicted octanol–water partition coefficient (Wildman–Crippen LogP) is 4.43. The molecule has 214 valence electrons. The van der Waals surface area contributed by atoms with E-state index in [1.807, 2.05) is 6.07 Å². The zero-order valence-corrected chi connectivity index (χ0v) is 22.9. The van der Waals surface area contributed by atoms with E-state index in [4.69, 9.17) is 0 Å². The van der Waals surface area contributed by atoms with E-state index in [1.165, 1.54) is 40.9 Å². The van der Waals surface area contributed by atoms with Gasteiger partial charge in [-0.3, -0.25) is 14.6 Å². The van der Waals surface area contributed by atoms with Crippen LogP contribution in [-0.2, 0) is 22.4 Å². The average molecular weight is 605 g/mol. The van der Waals surface area contributed by atoms with Gasteiger partial charge in [0, 0.05) is 30.9 Å². The van der Waals surface area contributed by atoms with E-state index in [1.54, 1.807) is 18.3 Å². The molecule has 3 aromatic heterocycles. The van der Waals surface area contributed by atoms with Crippen LogP contribution < -0.4 is 20.3 Å². The van der Waals surface area contributed by atoms with Crippen molar-refractivity contribution in [3.05, 3.63) is 64.9 Å². The molecule has 5 rings (SSSR count). The lowest BCUT2D eigenvalue weighted by Gasteiger charge is -2.30. The molecule has 4 heterocycles. The molecule has 1 unspecified atom stereocenters. The van der Waals surface area contributed by atoms with Crippen molar-refractivity contribution in [1.29, 1.82) is 0 Å². The molecule has 1 aromatic carbocycles. The summed E-state index contributed by atoms with van der Waals surface area (Å²) in [7, 11) is 0. The van der Waals surface area contributed by atoms with Crippen molar-refractivity contribution in [3.63, 3.8) is 0 Å². The number of carbonyl (C=O) groups is 2. The number of amides is 2. The van der Waals surface area contributed by atoms with Crippen LogP contribution in [0.1, 0.15) is 35.0 Å². The number of alkyl halides is 3. The zero-order chi connectivity index (χ0) is 28.8. The summed E-state index contributed by atoms with van der Waals surface area (Å²) < 4.78 is 41.3. The summed E-state index contributed by atoms with van der Waals surface area (Å²) in [5, 5.41) is 24.2. The Morgan fingerprint density at radius 1 is 0.976 bits per heavy atom. The molecule has 4 aromatic rings. The maximum Gasteiger partial charge on any atom is 0.573 e. The Kier molecular flexibility index (Phi) is 8.68. The number of aromatic nitrogens is 5. The number of nitrogens with zero attached hydrogens (tertiary/aromatic N) is 6. The maximum absolute atomic E-state index is 12.5. The van der Waals surface area contributed by atoms with Gasteiger partial charge in [-0.05, 0) is 42.7 Å². The van der Waals surface area contributed by atoms with E-state index >= 15 is 0 Å². The van der Waals surface area contributed by atoms with Crippen molar-refractivity contribution in [3.8, 4) is 5.75 Å². The van der Waals surface area contributed by atoms with Crippen molar-refractivity contribution >= 4 is 49.9 Å². The fourth-order valence-corrected chi connectivity index (χ4v) is 5.91. The number of hydrogen-bond donors (Lipinski definition) is 2. The third-order valence-electron chi connectivity index (χ3n) is 5.95. The molecule has 0 aliphatic carbocycles. The number of hydrogen-bond acceptors (Lipinski definition) is 11. The summed E-state index contributed by atoms with van der Waals surface area (Å²) in [6.45, 7) is 1.36. The first-order valence-corrected chi connectivity index (χ1v) is 14.1. The number of piperidine rings is 1. The Balaban J connectivity index is 1.14. The molecule has 0 saturated carbocycles. The highest BCUT2D eigenvalue weighted by Crippen LogP contribution is 2.34. The third-order valence-corrected chi connectivity index (χ3v) is 7.85. The molecule has 1 aliphatic rings. The highest BCUT2D eigenvalue weighted by molar-refractivity contribution is 7.19. The maximum atomic E-state index is 12.5. The SMILES string of the molecule is O=C(Cc1ccccn1)Nc1nnc(C2CCCN(c3nnc(NC(=O)Cc4cccc(OC(F)(F)F)c4)s3)C2)s1. The Hall–Kier alpha value is -4.18. The number of halogens is 3. The van der Waals surface area contributed by atoms with E-state index < -0.39 is 18.0 Å². The highest BCUT2D eigenvalue weighted by atomic mass is 32.1. The van der Waals surface area contributed by atoms with Crippen molar-refractivity contribution < 1.29 is 27.5 Å². The van der Waals surface area contributed by atoms with Crippen LogP contribution in [0, 0.1) is 0 Å². The van der Waals surface area contributed by atoms with E-state index in [-0.39, 0.29) is 29.8 Å². The van der Waals surface area contributed by atoms with Gasteiger partial charge in [0.1, 0.15) is 10.8 Å². The minimum atomic E-state index is -4.81. The van der Waals surface area contributed by atoms with Crippen LogP contribution in [-0.4, -0.2) is 56.6 Å². The van der Waals surface area contributed by atoms with Crippen LogP contribution in [0.3, 0.4) is 0 Å². The van der Waals surface area contributed by atoms with Crippen molar-refractivity contribution in [2.75, 3.05) is 28.6 Å². The Morgan fingerprint density at radius 2 is 1.76 bits per heavy atom. The lowest BCUT2D eigenvalue weighted by atomic mass is 9.99. The van der Waals surface area contributed by atoms with Gasteiger partial charge in [-0.25, -0.2) is 0 Å². The van der Waals surface area contributed by atoms with Crippen molar-refractivity contribution in [1.82, 2.24) is 25.4 Å². The zero-order valence-electron chi connectivity index (χ0n) is 21.3. The predicted molar refractivity (Wildman–Crippen MR) is 146 cm³/mol. The number of rotatable bonds is 9. The van der Waals surface area contributed by atoms with Gasteiger partial charge in [0.25, 0.3) is 0 Å². The topological polar surface area (TPSA) is 135 Å². The van der Waals surface area contributed by atoms with E-state index in [0.717, 1.165) is 30.5 Å². The Morgan fingerprint density at radius 3 is 2.54 bits per heavy atom. The molecule has 0 bridgehead atoms. The fraction of sp³-hybridized carbons (Fsp3) is 0.320. The normalized spacial score (nSPS) is 15.4. The van der Waals surface area contributed by atoms with E-state index in [9.17, 15) is 22.8 Å². The second-order valence-corrected chi connectivity index (χ2v) is 11.1. The molecule has 1 aliphatic heterocycles. The van der Waals surface area contributed by atoms with Crippen LogP contribution >= 0.6 is 22.7 Å². The lowest BCUT2D eigenvalue weighted by molar-refractivity contribution is -0.274. The van der Waals surface area contributed by atoms with Gasteiger partial charge in [-0.2, -0.15) is 0 Å². The van der Waals surface area contributed by atoms with Crippen LogP contribution in [0.5, 0.6) is 5.75 Å². The van der Waals surface area contributed by atoms with Gasteiger partial charge in [0.15, 0.2) is 0 Å². The van der Waals surface area contributed by atoms with Gasteiger partial charge in [0.2, 0.25) is 27.2 Å². The molecule has 41 heavy (non-hydrogen) atoms. The highest BCUT2D eigenvalue weighted by Gasteiger charge is 2.31. The molecule has 1 atom stereocenters. The standard InChI is InChI=1S/C25H23F3N8O3S2/c26-25(27,28)39-18-8-3-5-15(11-18)12-19(37)30-23-34-35-24(41-23)36-10-4-6-16(14-36)21-32-33-22(40-21)31-20(38)13-17-7-1-2-9-29-17/h1-3,5,7-9,11,16H,4,6,10,12-14H2,(H,30,34,37)(H,31,33,38). The largest absolute Gasteiger partial charge is 0.573 e. The molecule has 11 nitrogen and oxygen atoms in total. The quantitative estimate of drug-likeness (QED) is 0.284. The van der Waals surface area contributed by atoms with Crippen LogP contribution in [0.2, 0.25) is 0 Å². The first-order valence-electron chi connectivity index (χ1n) is 12.5. The van der Waals surface area contributed by atoms with Crippen LogP contribution in [0.15, 0.2) is 48.7 Å². The van der Waals surface area contributed by atoms with Gasteiger partial charge in [-0.15, -0.1) is 33.6 Å². The van der Waals surface area contributed by atoms with Gasteiger partial charge < -0.3 is 20.3 Å². The summed E-state index contributed by atoms with van der Waals surface area (Å²) in [5.41, 5.74) is 1.02. The molecule has 0 radical (unpaired) electrons. The van der Waals surface area contributed by atoms with Crippen LogP contribution in [0.25, 0.3) is 0 Å².